The van der Waals surface area contributed by atoms with Crippen LogP contribution in [0.5, 0.6) is 0 Å². The Balaban J connectivity index is 1.52. The average Bonchev–Trinajstić information content (AvgIpc) is 2.66. The number of nitrogens with one attached hydrogen (secondary N) is 3. The van der Waals surface area contributed by atoms with E-state index in [0.717, 1.165) is 42.5 Å². The number of benzene rings is 2. The van der Waals surface area contributed by atoms with Crippen molar-refractivity contribution >= 4 is 23.3 Å². The molecule has 2 atom stereocenters. The van der Waals surface area contributed by atoms with Gasteiger partial charge >= 0.3 is 6.03 Å². The highest BCUT2D eigenvalue weighted by molar-refractivity contribution is 5.99. The number of aryl methyl sites for hydroxylation is 1. The predicted molar refractivity (Wildman–Crippen MR) is 112 cm³/mol. The molecule has 0 aliphatic heterocycles. The molecule has 28 heavy (non-hydrogen) atoms. The molecule has 0 aromatic heterocycles. The summed E-state index contributed by atoms with van der Waals surface area (Å²) < 4.78 is 0. The van der Waals surface area contributed by atoms with Crippen molar-refractivity contribution in [3.8, 4) is 0 Å². The molecule has 1 aliphatic rings. The van der Waals surface area contributed by atoms with E-state index in [0.29, 0.717) is 12.2 Å². The SMILES string of the molecule is Cc1cccc(NC(=O)Nc2cccc(CNC(=O)C3CCCC(N)C3)c2)c1. The van der Waals surface area contributed by atoms with Gasteiger partial charge in [0.05, 0.1) is 0 Å². The largest absolute Gasteiger partial charge is 0.352 e. The van der Waals surface area contributed by atoms with Gasteiger partial charge in [-0.05, 0) is 61.6 Å². The second-order valence-electron chi connectivity index (χ2n) is 7.49. The molecule has 2 aromatic rings. The summed E-state index contributed by atoms with van der Waals surface area (Å²) in [6, 6.07) is 14.9. The first-order valence-corrected chi connectivity index (χ1v) is 9.76. The lowest BCUT2D eigenvalue weighted by Crippen LogP contribution is -2.37. The quantitative estimate of drug-likeness (QED) is 0.636. The van der Waals surface area contributed by atoms with E-state index in [1.807, 2.05) is 55.5 Å². The minimum atomic E-state index is -0.303. The number of anilines is 2. The van der Waals surface area contributed by atoms with Crippen LogP contribution >= 0.6 is 0 Å². The van der Waals surface area contributed by atoms with Gasteiger partial charge in [-0.25, -0.2) is 4.79 Å². The summed E-state index contributed by atoms with van der Waals surface area (Å²) in [5.74, 6) is 0.0656. The highest BCUT2D eigenvalue weighted by atomic mass is 16.2. The number of nitrogens with two attached hydrogens (primary N) is 1. The monoisotopic (exact) mass is 380 g/mol. The zero-order chi connectivity index (χ0) is 19.9. The molecule has 5 N–H and O–H groups in total. The molecule has 1 aliphatic carbocycles. The van der Waals surface area contributed by atoms with Gasteiger partial charge in [-0.2, -0.15) is 0 Å². The molecule has 3 amide bonds. The van der Waals surface area contributed by atoms with Gasteiger partial charge in [0.25, 0.3) is 0 Å². The van der Waals surface area contributed by atoms with Crippen molar-refractivity contribution < 1.29 is 9.59 Å². The Kier molecular flexibility index (Phi) is 6.66. The maximum Gasteiger partial charge on any atom is 0.323 e. The Bertz CT molecular complexity index is 837. The number of amides is 3. The van der Waals surface area contributed by atoms with Crippen LogP contribution < -0.4 is 21.7 Å². The maximum atomic E-state index is 12.4. The van der Waals surface area contributed by atoms with Gasteiger partial charge in [-0.15, -0.1) is 0 Å². The minimum absolute atomic E-state index is 0.00478. The van der Waals surface area contributed by atoms with Crippen LogP contribution in [0.15, 0.2) is 48.5 Å². The van der Waals surface area contributed by atoms with Crippen LogP contribution in [-0.4, -0.2) is 18.0 Å². The summed E-state index contributed by atoms with van der Waals surface area (Å²) >= 11 is 0. The third kappa shape index (κ3) is 5.82. The smallest absolute Gasteiger partial charge is 0.323 e. The van der Waals surface area contributed by atoms with Gasteiger partial charge in [-0.3, -0.25) is 4.79 Å². The zero-order valence-electron chi connectivity index (χ0n) is 16.2. The molecule has 0 saturated heterocycles. The highest BCUT2D eigenvalue weighted by Crippen LogP contribution is 2.23. The van der Waals surface area contributed by atoms with Crippen molar-refractivity contribution in [1.82, 2.24) is 5.32 Å². The second-order valence-corrected chi connectivity index (χ2v) is 7.49. The molecule has 2 unspecified atom stereocenters. The van der Waals surface area contributed by atoms with E-state index < -0.39 is 0 Å². The fourth-order valence-corrected chi connectivity index (χ4v) is 3.57. The highest BCUT2D eigenvalue weighted by Gasteiger charge is 2.24. The topological polar surface area (TPSA) is 96.2 Å². The lowest BCUT2D eigenvalue weighted by atomic mass is 9.85. The lowest BCUT2D eigenvalue weighted by Gasteiger charge is -2.25. The molecule has 2 aromatic carbocycles. The first-order valence-electron chi connectivity index (χ1n) is 9.76. The van der Waals surface area contributed by atoms with Gasteiger partial charge in [0.15, 0.2) is 0 Å². The molecule has 0 spiro atoms. The Morgan fingerprint density at radius 2 is 1.75 bits per heavy atom. The number of carbonyl (C=O) groups is 2. The Morgan fingerprint density at radius 1 is 1.04 bits per heavy atom. The van der Waals surface area contributed by atoms with Crippen molar-refractivity contribution in [2.45, 2.75) is 45.2 Å². The molecule has 148 valence electrons. The van der Waals surface area contributed by atoms with Crippen LogP contribution in [-0.2, 0) is 11.3 Å². The Hall–Kier alpha value is -2.86. The number of carbonyl (C=O) groups excluding carboxylic acids is 2. The van der Waals surface area contributed by atoms with E-state index in [9.17, 15) is 9.59 Å². The van der Waals surface area contributed by atoms with E-state index in [4.69, 9.17) is 5.73 Å². The first kappa shape index (κ1) is 19.9. The van der Waals surface area contributed by atoms with Gasteiger partial charge in [-0.1, -0.05) is 30.7 Å². The Labute approximate surface area is 165 Å². The standard InChI is InChI=1S/C22H28N4O2/c1-15-5-2-9-19(11-15)25-22(28)26-20-10-3-6-16(12-20)14-24-21(27)17-7-4-8-18(23)13-17/h2-3,5-6,9-12,17-18H,4,7-8,13-14,23H2,1H3,(H,24,27)(H2,25,26,28). The van der Waals surface area contributed by atoms with E-state index in [1.165, 1.54) is 0 Å². The molecule has 0 bridgehead atoms. The van der Waals surface area contributed by atoms with Gasteiger partial charge in [0.2, 0.25) is 5.91 Å². The third-order valence-corrected chi connectivity index (χ3v) is 5.01. The van der Waals surface area contributed by atoms with Gasteiger partial charge in [0, 0.05) is 29.9 Å². The van der Waals surface area contributed by atoms with E-state index in [-0.39, 0.29) is 23.9 Å². The number of urea groups is 1. The molecular formula is C22H28N4O2. The molecule has 0 heterocycles. The normalized spacial score (nSPS) is 18.9. The fraction of sp³-hybridized carbons (Fsp3) is 0.364. The molecule has 1 saturated carbocycles. The summed E-state index contributed by atoms with van der Waals surface area (Å²) in [6.45, 7) is 2.40. The lowest BCUT2D eigenvalue weighted by molar-refractivity contribution is -0.126. The fourth-order valence-electron chi connectivity index (χ4n) is 3.57. The summed E-state index contributed by atoms with van der Waals surface area (Å²) in [4.78, 5) is 24.6. The van der Waals surface area contributed by atoms with Crippen LogP contribution in [0.3, 0.4) is 0 Å². The van der Waals surface area contributed by atoms with Crippen LogP contribution in [0.4, 0.5) is 16.2 Å². The van der Waals surface area contributed by atoms with Crippen molar-refractivity contribution in [3.05, 3.63) is 59.7 Å². The minimum Gasteiger partial charge on any atom is -0.352 e. The Morgan fingerprint density at radius 3 is 2.46 bits per heavy atom. The van der Waals surface area contributed by atoms with Crippen molar-refractivity contribution in [1.29, 1.82) is 0 Å². The summed E-state index contributed by atoms with van der Waals surface area (Å²) in [5.41, 5.74) is 9.40. The van der Waals surface area contributed by atoms with Gasteiger partial charge in [0.1, 0.15) is 0 Å². The predicted octanol–water partition coefficient (Wildman–Crippen LogP) is 3.77. The van der Waals surface area contributed by atoms with Crippen LogP contribution in [0, 0.1) is 12.8 Å². The van der Waals surface area contributed by atoms with Crippen molar-refractivity contribution in [3.63, 3.8) is 0 Å². The first-order chi connectivity index (χ1) is 13.5. The number of hydrogen-bond acceptors (Lipinski definition) is 3. The van der Waals surface area contributed by atoms with Crippen LogP contribution in [0.2, 0.25) is 0 Å². The molecule has 6 heteroatoms. The molecule has 1 fully saturated rings. The zero-order valence-corrected chi connectivity index (χ0v) is 16.2. The van der Waals surface area contributed by atoms with Crippen LogP contribution in [0.1, 0.15) is 36.8 Å². The molecule has 6 nitrogen and oxygen atoms in total. The van der Waals surface area contributed by atoms with E-state index in [2.05, 4.69) is 16.0 Å². The van der Waals surface area contributed by atoms with E-state index >= 15 is 0 Å². The van der Waals surface area contributed by atoms with E-state index in [1.54, 1.807) is 0 Å². The van der Waals surface area contributed by atoms with Crippen molar-refractivity contribution in [2.75, 3.05) is 10.6 Å². The number of rotatable bonds is 5. The van der Waals surface area contributed by atoms with Gasteiger partial charge < -0.3 is 21.7 Å². The molecular weight excluding hydrogens is 352 g/mol. The summed E-state index contributed by atoms with van der Waals surface area (Å²) in [7, 11) is 0. The summed E-state index contributed by atoms with van der Waals surface area (Å²) in [5, 5.41) is 8.64. The molecule has 0 radical (unpaired) electrons. The number of hydrogen-bond donors (Lipinski definition) is 4. The maximum absolute atomic E-state index is 12.4. The third-order valence-electron chi connectivity index (χ3n) is 5.01. The average molecular weight is 380 g/mol. The second kappa shape index (κ2) is 9.37. The summed E-state index contributed by atoms with van der Waals surface area (Å²) in [6.07, 6.45) is 3.67. The van der Waals surface area contributed by atoms with Crippen molar-refractivity contribution in [2.24, 2.45) is 11.7 Å². The van der Waals surface area contributed by atoms with Crippen LogP contribution in [0.25, 0.3) is 0 Å². The molecule has 3 rings (SSSR count).